The van der Waals surface area contributed by atoms with Crippen LogP contribution in [0.1, 0.15) is 31.4 Å². The first-order chi connectivity index (χ1) is 7.81. The smallest absolute Gasteiger partial charge is 0.0946 e. The lowest BCUT2D eigenvalue weighted by molar-refractivity contribution is -0.0203. The van der Waals surface area contributed by atoms with E-state index in [0.29, 0.717) is 18.6 Å². The standard InChI is InChI=1S/C12H21N3O/c1-15-9-14-7-11(15)8-16-12-5-3-2-4-10(12)6-13/h7,9-10,12H,2-6,8,13H2,1H3. The number of ether oxygens (including phenoxy) is 1. The summed E-state index contributed by atoms with van der Waals surface area (Å²) in [6.07, 6.45) is 8.95. The van der Waals surface area contributed by atoms with Crippen LogP contribution in [-0.4, -0.2) is 22.2 Å². The molecule has 90 valence electrons. The Labute approximate surface area is 96.8 Å². The quantitative estimate of drug-likeness (QED) is 0.840. The average Bonchev–Trinajstić information content (AvgIpc) is 2.72. The number of aromatic nitrogens is 2. The Morgan fingerprint density at radius 3 is 3.00 bits per heavy atom. The van der Waals surface area contributed by atoms with Gasteiger partial charge in [0.25, 0.3) is 0 Å². The zero-order chi connectivity index (χ0) is 11.4. The Kier molecular flexibility index (Phi) is 3.96. The zero-order valence-corrected chi connectivity index (χ0v) is 9.93. The summed E-state index contributed by atoms with van der Waals surface area (Å²) in [6.45, 7) is 1.40. The molecule has 16 heavy (non-hydrogen) atoms. The maximum Gasteiger partial charge on any atom is 0.0946 e. The molecule has 0 amide bonds. The first-order valence-corrected chi connectivity index (χ1v) is 6.08. The Morgan fingerprint density at radius 2 is 2.31 bits per heavy atom. The van der Waals surface area contributed by atoms with Crippen molar-refractivity contribution < 1.29 is 4.74 Å². The summed E-state index contributed by atoms with van der Waals surface area (Å²) in [5.41, 5.74) is 6.90. The average molecular weight is 223 g/mol. The molecule has 0 aromatic carbocycles. The van der Waals surface area contributed by atoms with E-state index in [9.17, 15) is 0 Å². The molecule has 4 heteroatoms. The zero-order valence-electron chi connectivity index (χ0n) is 9.93. The Balaban J connectivity index is 1.86. The third-order valence-electron chi connectivity index (χ3n) is 3.50. The summed E-state index contributed by atoms with van der Waals surface area (Å²) in [5, 5.41) is 0. The molecule has 2 unspecified atom stereocenters. The lowest BCUT2D eigenvalue weighted by Gasteiger charge is -2.30. The topological polar surface area (TPSA) is 53.1 Å². The lowest BCUT2D eigenvalue weighted by atomic mass is 9.86. The van der Waals surface area contributed by atoms with Crippen LogP contribution < -0.4 is 5.73 Å². The van der Waals surface area contributed by atoms with E-state index in [1.165, 1.54) is 19.3 Å². The van der Waals surface area contributed by atoms with E-state index in [1.54, 1.807) is 6.33 Å². The lowest BCUT2D eigenvalue weighted by Crippen LogP contribution is -2.33. The molecule has 4 nitrogen and oxygen atoms in total. The number of rotatable bonds is 4. The van der Waals surface area contributed by atoms with E-state index < -0.39 is 0 Å². The molecule has 0 bridgehead atoms. The van der Waals surface area contributed by atoms with E-state index >= 15 is 0 Å². The summed E-state index contributed by atoms with van der Waals surface area (Å²) in [6, 6.07) is 0. The van der Waals surface area contributed by atoms with Crippen LogP contribution in [0.3, 0.4) is 0 Å². The van der Waals surface area contributed by atoms with Gasteiger partial charge in [-0.25, -0.2) is 4.98 Å². The van der Waals surface area contributed by atoms with Gasteiger partial charge in [0.05, 0.1) is 30.9 Å². The molecule has 1 heterocycles. The predicted molar refractivity (Wildman–Crippen MR) is 62.8 cm³/mol. The number of nitrogens with zero attached hydrogens (tertiary/aromatic N) is 2. The predicted octanol–water partition coefficient (Wildman–Crippen LogP) is 1.45. The molecule has 0 radical (unpaired) electrons. The van der Waals surface area contributed by atoms with Gasteiger partial charge in [-0.15, -0.1) is 0 Å². The maximum absolute atomic E-state index is 5.97. The van der Waals surface area contributed by atoms with Gasteiger partial charge in [-0.05, 0) is 25.3 Å². The van der Waals surface area contributed by atoms with Gasteiger partial charge < -0.3 is 15.0 Å². The normalized spacial score (nSPS) is 25.9. The molecule has 1 aliphatic carbocycles. The van der Waals surface area contributed by atoms with Crippen molar-refractivity contribution in [3.05, 3.63) is 18.2 Å². The highest BCUT2D eigenvalue weighted by Crippen LogP contribution is 2.26. The minimum Gasteiger partial charge on any atom is -0.372 e. The number of aryl methyl sites for hydroxylation is 1. The van der Waals surface area contributed by atoms with Crippen molar-refractivity contribution in [2.75, 3.05) is 6.54 Å². The van der Waals surface area contributed by atoms with Gasteiger partial charge in [0.1, 0.15) is 0 Å². The van der Waals surface area contributed by atoms with Crippen LogP contribution in [0.5, 0.6) is 0 Å². The number of hydrogen-bond donors (Lipinski definition) is 1. The monoisotopic (exact) mass is 223 g/mol. The highest BCUT2D eigenvalue weighted by Gasteiger charge is 2.24. The molecular formula is C12H21N3O. The van der Waals surface area contributed by atoms with Gasteiger partial charge in [-0.2, -0.15) is 0 Å². The SMILES string of the molecule is Cn1cncc1COC1CCCCC1CN. The van der Waals surface area contributed by atoms with Crippen LogP contribution >= 0.6 is 0 Å². The summed E-state index contributed by atoms with van der Waals surface area (Å²) >= 11 is 0. The van der Waals surface area contributed by atoms with Gasteiger partial charge in [-0.3, -0.25) is 0 Å². The van der Waals surface area contributed by atoms with Crippen LogP contribution in [0, 0.1) is 5.92 Å². The van der Waals surface area contributed by atoms with Crippen LogP contribution in [0.15, 0.2) is 12.5 Å². The van der Waals surface area contributed by atoms with Gasteiger partial charge in [0.15, 0.2) is 0 Å². The molecule has 2 atom stereocenters. The van der Waals surface area contributed by atoms with Gasteiger partial charge in [0.2, 0.25) is 0 Å². The van der Waals surface area contributed by atoms with Crippen molar-refractivity contribution in [2.24, 2.45) is 18.7 Å². The molecule has 1 saturated carbocycles. The summed E-state index contributed by atoms with van der Waals surface area (Å²) in [7, 11) is 1.99. The molecule has 1 aromatic heterocycles. The number of nitrogens with two attached hydrogens (primary N) is 1. The Morgan fingerprint density at radius 1 is 1.50 bits per heavy atom. The van der Waals surface area contributed by atoms with E-state index in [2.05, 4.69) is 4.98 Å². The highest BCUT2D eigenvalue weighted by atomic mass is 16.5. The molecule has 2 rings (SSSR count). The van der Waals surface area contributed by atoms with E-state index in [4.69, 9.17) is 10.5 Å². The second-order valence-corrected chi connectivity index (χ2v) is 4.63. The van der Waals surface area contributed by atoms with Crippen LogP contribution in [0.25, 0.3) is 0 Å². The highest BCUT2D eigenvalue weighted by molar-refractivity contribution is 4.95. The fraction of sp³-hybridized carbons (Fsp3) is 0.750. The van der Waals surface area contributed by atoms with Crippen molar-refractivity contribution in [3.8, 4) is 0 Å². The van der Waals surface area contributed by atoms with E-state index in [-0.39, 0.29) is 0 Å². The van der Waals surface area contributed by atoms with Crippen LogP contribution in [0.4, 0.5) is 0 Å². The Bertz CT molecular complexity index is 324. The fourth-order valence-corrected chi connectivity index (χ4v) is 2.38. The Hall–Kier alpha value is -0.870. The minimum atomic E-state index is 0.341. The van der Waals surface area contributed by atoms with Gasteiger partial charge >= 0.3 is 0 Å². The largest absolute Gasteiger partial charge is 0.372 e. The summed E-state index contributed by atoms with van der Waals surface area (Å²) in [4.78, 5) is 4.08. The van der Waals surface area contributed by atoms with Crippen molar-refractivity contribution in [2.45, 2.75) is 38.4 Å². The van der Waals surface area contributed by atoms with Gasteiger partial charge in [-0.1, -0.05) is 12.8 Å². The molecule has 0 aliphatic heterocycles. The first kappa shape index (κ1) is 11.6. The van der Waals surface area contributed by atoms with Crippen molar-refractivity contribution in [3.63, 3.8) is 0 Å². The van der Waals surface area contributed by atoms with Crippen molar-refractivity contribution >= 4 is 0 Å². The fourth-order valence-electron chi connectivity index (χ4n) is 2.38. The third kappa shape index (κ3) is 2.62. The third-order valence-corrected chi connectivity index (χ3v) is 3.50. The first-order valence-electron chi connectivity index (χ1n) is 6.08. The van der Waals surface area contributed by atoms with E-state index in [1.807, 2.05) is 17.8 Å². The minimum absolute atomic E-state index is 0.341. The molecule has 0 spiro atoms. The van der Waals surface area contributed by atoms with Crippen molar-refractivity contribution in [1.29, 1.82) is 0 Å². The molecule has 1 fully saturated rings. The molecular weight excluding hydrogens is 202 g/mol. The maximum atomic E-state index is 5.97. The van der Waals surface area contributed by atoms with E-state index in [0.717, 1.165) is 18.7 Å². The summed E-state index contributed by atoms with van der Waals surface area (Å²) < 4.78 is 7.97. The molecule has 2 N–H and O–H groups in total. The van der Waals surface area contributed by atoms with Crippen molar-refractivity contribution in [1.82, 2.24) is 9.55 Å². The van der Waals surface area contributed by atoms with Gasteiger partial charge in [0, 0.05) is 7.05 Å². The molecule has 1 aromatic rings. The molecule has 1 aliphatic rings. The number of hydrogen-bond acceptors (Lipinski definition) is 3. The number of imidazole rings is 1. The van der Waals surface area contributed by atoms with Crippen LogP contribution in [-0.2, 0) is 18.4 Å². The second-order valence-electron chi connectivity index (χ2n) is 4.63. The second kappa shape index (κ2) is 5.46. The van der Waals surface area contributed by atoms with Crippen LogP contribution in [0.2, 0.25) is 0 Å². The molecule has 0 saturated heterocycles. The summed E-state index contributed by atoms with van der Waals surface area (Å²) in [5.74, 6) is 0.543.